The summed E-state index contributed by atoms with van der Waals surface area (Å²) in [5.41, 5.74) is 1.76. The van der Waals surface area contributed by atoms with Crippen LogP contribution in [0.1, 0.15) is 51.1 Å². The Bertz CT molecular complexity index is 815. The second-order valence-corrected chi connectivity index (χ2v) is 7.68. The standard InChI is InChI=1S/C23H33N3O5/c1-4-30-18-11-10-16(14-19(18)29-3)21-20(22(27)31-5-2)17(24-23(28)25-21)15-26-12-8-6-7-9-13-26/h10-11,14,21H,4-9,12-13,15H2,1-3H3,(H2,24,25,28)/t21-/m1/s1. The van der Waals surface area contributed by atoms with Crippen molar-refractivity contribution in [2.45, 2.75) is 45.6 Å². The molecule has 1 fully saturated rings. The molecule has 0 radical (unpaired) electrons. The van der Waals surface area contributed by atoms with Crippen molar-refractivity contribution in [3.8, 4) is 11.5 Å². The largest absolute Gasteiger partial charge is 0.493 e. The monoisotopic (exact) mass is 431 g/mol. The smallest absolute Gasteiger partial charge is 0.338 e. The van der Waals surface area contributed by atoms with Gasteiger partial charge in [-0.1, -0.05) is 18.9 Å². The molecule has 1 aromatic carbocycles. The zero-order chi connectivity index (χ0) is 22.2. The van der Waals surface area contributed by atoms with Crippen LogP contribution in [0.4, 0.5) is 4.79 Å². The van der Waals surface area contributed by atoms with Gasteiger partial charge in [-0.25, -0.2) is 9.59 Å². The van der Waals surface area contributed by atoms with E-state index in [0.717, 1.165) is 31.5 Å². The molecule has 1 saturated heterocycles. The normalized spacial score (nSPS) is 19.8. The topological polar surface area (TPSA) is 89.1 Å². The van der Waals surface area contributed by atoms with Crippen LogP contribution < -0.4 is 20.1 Å². The number of rotatable bonds is 8. The molecule has 0 saturated carbocycles. The third kappa shape index (κ3) is 5.70. The van der Waals surface area contributed by atoms with Crippen LogP contribution in [-0.2, 0) is 9.53 Å². The van der Waals surface area contributed by atoms with Crippen molar-refractivity contribution in [1.29, 1.82) is 0 Å². The summed E-state index contributed by atoms with van der Waals surface area (Å²) in [5.74, 6) is 0.725. The van der Waals surface area contributed by atoms with Gasteiger partial charge in [-0.2, -0.15) is 0 Å². The number of esters is 1. The number of benzene rings is 1. The van der Waals surface area contributed by atoms with Crippen molar-refractivity contribution in [1.82, 2.24) is 15.5 Å². The second-order valence-electron chi connectivity index (χ2n) is 7.68. The van der Waals surface area contributed by atoms with Gasteiger partial charge in [0.25, 0.3) is 0 Å². The maximum atomic E-state index is 13.0. The molecule has 0 aromatic heterocycles. The molecule has 0 aliphatic carbocycles. The quantitative estimate of drug-likeness (QED) is 0.615. The van der Waals surface area contributed by atoms with E-state index in [4.69, 9.17) is 14.2 Å². The Kier molecular flexibility index (Phi) is 8.17. The molecule has 170 valence electrons. The van der Waals surface area contributed by atoms with Gasteiger partial charge in [0.1, 0.15) is 0 Å². The van der Waals surface area contributed by atoms with E-state index in [2.05, 4.69) is 15.5 Å². The number of urea groups is 1. The van der Waals surface area contributed by atoms with Gasteiger partial charge in [-0.05, 0) is 57.5 Å². The molecule has 2 aliphatic rings. The van der Waals surface area contributed by atoms with Gasteiger partial charge in [-0.15, -0.1) is 0 Å². The van der Waals surface area contributed by atoms with Crippen LogP contribution in [0.3, 0.4) is 0 Å². The molecule has 2 amide bonds. The van der Waals surface area contributed by atoms with Crippen molar-refractivity contribution >= 4 is 12.0 Å². The van der Waals surface area contributed by atoms with Crippen molar-refractivity contribution < 1.29 is 23.8 Å². The molecule has 2 heterocycles. The first-order valence-electron chi connectivity index (χ1n) is 11.1. The second kappa shape index (κ2) is 11.0. The Balaban J connectivity index is 1.99. The average molecular weight is 432 g/mol. The number of nitrogens with one attached hydrogen (secondary N) is 2. The summed E-state index contributed by atoms with van der Waals surface area (Å²) in [5, 5.41) is 5.75. The third-order valence-electron chi connectivity index (χ3n) is 5.55. The number of carbonyl (C=O) groups excluding carboxylic acids is 2. The van der Waals surface area contributed by atoms with Gasteiger partial charge in [0.2, 0.25) is 0 Å². The van der Waals surface area contributed by atoms with E-state index in [0.29, 0.717) is 35.9 Å². The molecule has 31 heavy (non-hydrogen) atoms. The summed E-state index contributed by atoms with van der Waals surface area (Å²) < 4.78 is 16.4. The highest BCUT2D eigenvalue weighted by atomic mass is 16.5. The van der Waals surface area contributed by atoms with E-state index >= 15 is 0 Å². The van der Waals surface area contributed by atoms with Crippen LogP contribution >= 0.6 is 0 Å². The SMILES string of the molecule is CCOC(=O)C1=C(CN2CCCCCC2)NC(=O)N[C@@H]1c1ccc(OCC)c(OC)c1. The minimum atomic E-state index is -0.639. The van der Waals surface area contributed by atoms with Crippen LogP contribution in [0.25, 0.3) is 0 Å². The van der Waals surface area contributed by atoms with Crippen LogP contribution in [0.2, 0.25) is 0 Å². The summed E-state index contributed by atoms with van der Waals surface area (Å²) in [6.45, 7) is 6.84. The zero-order valence-corrected chi connectivity index (χ0v) is 18.7. The molecule has 3 rings (SSSR count). The molecule has 0 spiro atoms. The fourth-order valence-electron chi connectivity index (χ4n) is 4.10. The highest BCUT2D eigenvalue weighted by molar-refractivity contribution is 5.95. The summed E-state index contributed by atoms with van der Waals surface area (Å²) in [4.78, 5) is 27.8. The van der Waals surface area contributed by atoms with Gasteiger partial charge < -0.3 is 24.8 Å². The maximum absolute atomic E-state index is 13.0. The molecular formula is C23H33N3O5. The number of ether oxygens (including phenoxy) is 3. The van der Waals surface area contributed by atoms with Gasteiger partial charge in [-0.3, -0.25) is 4.90 Å². The summed E-state index contributed by atoms with van der Waals surface area (Å²) in [6, 6.07) is 4.45. The minimum absolute atomic E-state index is 0.257. The van der Waals surface area contributed by atoms with Crippen LogP contribution in [0, 0.1) is 0 Å². The summed E-state index contributed by atoms with van der Waals surface area (Å²) in [6.07, 6.45) is 4.66. The van der Waals surface area contributed by atoms with E-state index in [1.807, 2.05) is 13.0 Å². The molecule has 2 N–H and O–H groups in total. The lowest BCUT2D eigenvalue weighted by atomic mass is 9.94. The number of hydrogen-bond acceptors (Lipinski definition) is 6. The van der Waals surface area contributed by atoms with E-state index in [1.165, 1.54) is 12.8 Å². The summed E-state index contributed by atoms with van der Waals surface area (Å²) >= 11 is 0. The highest BCUT2D eigenvalue weighted by Crippen LogP contribution is 2.35. The molecule has 0 bridgehead atoms. The number of likely N-dealkylation sites (tertiary alicyclic amines) is 1. The third-order valence-corrected chi connectivity index (χ3v) is 5.55. The van der Waals surface area contributed by atoms with Gasteiger partial charge in [0, 0.05) is 12.2 Å². The molecule has 1 aromatic rings. The minimum Gasteiger partial charge on any atom is -0.493 e. The zero-order valence-electron chi connectivity index (χ0n) is 18.7. The maximum Gasteiger partial charge on any atom is 0.338 e. The molecule has 1 atom stereocenters. The van der Waals surface area contributed by atoms with Gasteiger partial charge in [0.15, 0.2) is 11.5 Å². The lowest BCUT2D eigenvalue weighted by Crippen LogP contribution is -2.48. The van der Waals surface area contributed by atoms with E-state index in [9.17, 15) is 9.59 Å². The van der Waals surface area contributed by atoms with Gasteiger partial charge in [0.05, 0.1) is 31.9 Å². The molecule has 8 heteroatoms. The van der Waals surface area contributed by atoms with Crippen molar-refractivity contribution in [2.24, 2.45) is 0 Å². The van der Waals surface area contributed by atoms with E-state index in [-0.39, 0.29) is 12.6 Å². The molecule has 0 unspecified atom stereocenters. The van der Waals surface area contributed by atoms with Crippen molar-refractivity contribution in [3.05, 3.63) is 35.0 Å². The predicted octanol–water partition coefficient (Wildman–Crippen LogP) is 3.14. The lowest BCUT2D eigenvalue weighted by Gasteiger charge is -2.32. The number of methoxy groups -OCH3 is 1. The number of amides is 2. The van der Waals surface area contributed by atoms with Crippen molar-refractivity contribution in [3.63, 3.8) is 0 Å². The lowest BCUT2D eigenvalue weighted by molar-refractivity contribution is -0.139. The van der Waals surface area contributed by atoms with Crippen LogP contribution in [0.5, 0.6) is 11.5 Å². The molecular weight excluding hydrogens is 398 g/mol. The first kappa shape index (κ1) is 22.9. The highest BCUT2D eigenvalue weighted by Gasteiger charge is 2.34. The Labute approximate surface area is 183 Å². The number of hydrogen-bond donors (Lipinski definition) is 2. The van der Waals surface area contributed by atoms with Crippen LogP contribution in [-0.4, -0.2) is 56.9 Å². The van der Waals surface area contributed by atoms with Crippen molar-refractivity contribution in [2.75, 3.05) is 40.0 Å². The Morgan fingerprint density at radius 1 is 1.10 bits per heavy atom. The van der Waals surface area contributed by atoms with E-state index < -0.39 is 12.0 Å². The fourth-order valence-corrected chi connectivity index (χ4v) is 4.10. The number of nitrogens with zero attached hydrogens (tertiary/aromatic N) is 1. The van der Waals surface area contributed by atoms with Crippen LogP contribution in [0.15, 0.2) is 29.5 Å². The Hall–Kier alpha value is -2.74. The Morgan fingerprint density at radius 2 is 1.84 bits per heavy atom. The first-order chi connectivity index (χ1) is 15.1. The Morgan fingerprint density at radius 3 is 2.48 bits per heavy atom. The summed E-state index contributed by atoms with van der Waals surface area (Å²) in [7, 11) is 1.56. The molecule has 8 nitrogen and oxygen atoms in total. The van der Waals surface area contributed by atoms with Gasteiger partial charge >= 0.3 is 12.0 Å². The van der Waals surface area contributed by atoms with E-state index in [1.54, 1.807) is 26.2 Å². The predicted molar refractivity (Wildman–Crippen MR) is 117 cm³/mol. The molecule has 2 aliphatic heterocycles. The number of carbonyl (C=O) groups is 2. The average Bonchev–Trinajstić information content (AvgIpc) is 3.02. The first-order valence-corrected chi connectivity index (χ1v) is 11.1. The fraction of sp³-hybridized carbons (Fsp3) is 0.565.